The van der Waals surface area contributed by atoms with E-state index in [-0.39, 0.29) is 16.1 Å². The number of nitro benzene ring substituents is 1. The van der Waals surface area contributed by atoms with E-state index in [9.17, 15) is 19.7 Å². The van der Waals surface area contributed by atoms with Crippen molar-refractivity contribution >= 4 is 35.0 Å². The maximum atomic E-state index is 12.3. The Morgan fingerprint density at radius 3 is 2.72 bits per heavy atom. The van der Waals surface area contributed by atoms with Gasteiger partial charge in [-0.3, -0.25) is 14.9 Å². The molecule has 0 fully saturated rings. The first-order chi connectivity index (χ1) is 15.4. The lowest BCUT2D eigenvalue weighted by atomic mass is 10.2. The molecule has 3 aromatic rings. The van der Waals surface area contributed by atoms with Crippen LogP contribution in [0.5, 0.6) is 5.75 Å². The Labute approximate surface area is 186 Å². The first kappa shape index (κ1) is 22.7. The van der Waals surface area contributed by atoms with Gasteiger partial charge in [0.05, 0.1) is 27.7 Å². The van der Waals surface area contributed by atoms with Crippen molar-refractivity contribution in [3.05, 3.63) is 64.5 Å². The van der Waals surface area contributed by atoms with E-state index in [1.165, 1.54) is 18.5 Å². The summed E-state index contributed by atoms with van der Waals surface area (Å²) in [5, 5.41) is 22.1. The smallest absolute Gasteiger partial charge is 0.338 e. The van der Waals surface area contributed by atoms with Crippen LogP contribution in [0.2, 0.25) is 0 Å². The normalized spacial score (nSPS) is 10.4. The predicted molar refractivity (Wildman–Crippen MR) is 115 cm³/mol. The second-order valence-corrected chi connectivity index (χ2v) is 7.33. The van der Waals surface area contributed by atoms with Gasteiger partial charge in [-0.25, -0.2) is 4.79 Å². The second kappa shape index (κ2) is 10.4. The van der Waals surface area contributed by atoms with E-state index in [0.29, 0.717) is 23.2 Å². The lowest BCUT2D eigenvalue weighted by molar-refractivity contribution is -0.387. The molecule has 0 atom stereocenters. The summed E-state index contributed by atoms with van der Waals surface area (Å²) in [6.07, 6.45) is 1.47. The molecule has 1 N–H and O–H groups in total. The highest BCUT2D eigenvalue weighted by Gasteiger charge is 2.21. The number of hydrogen-bond donors (Lipinski definition) is 1. The summed E-state index contributed by atoms with van der Waals surface area (Å²) in [6.45, 7) is 1.67. The highest BCUT2D eigenvalue weighted by Crippen LogP contribution is 2.34. The van der Waals surface area contributed by atoms with Crippen LogP contribution < -0.4 is 10.1 Å². The van der Waals surface area contributed by atoms with E-state index >= 15 is 0 Å². The van der Waals surface area contributed by atoms with Crippen LogP contribution in [0.15, 0.2) is 58.8 Å². The number of para-hydroxylation sites is 2. The quantitative estimate of drug-likeness (QED) is 0.292. The van der Waals surface area contributed by atoms with Gasteiger partial charge in [-0.1, -0.05) is 12.1 Å². The number of carbonyl (C=O) groups excluding carboxylic acids is 2. The molecule has 1 amide bonds. The zero-order valence-corrected chi connectivity index (χ0v) is 18.0. The summed E-state index contributed by atoms with van der Waals surface area (Å²) in [7, 11) is 1.71. The van der Waals surface area contributed by atoms with Gasteiger partial charge in [-0.15, -0.1) is 10.2 Å². The van der Waals surface area contributed by atoms with E-state index in [1.54, 1.807) is 35.9 Å². The van der Waals surface area contributed by atoms with Crippen molar-refractivity contribution < 1.29 is 24.0 Å². The Bertz CT molecular complexity index is 1150. The Kier molecular flexibility index (Phi) is 7.39. The number of amides is 1. The Morgan fingerprint density at radius 2 is 2.03 bits per heavy atom. The number of nitro groups is 1. The monoisotopic (exact) mass is 457 g/mol. The number of benzene rings is 2. The molecule has 166 valence electrons. The van der Waals surface area contributed by atoms with Gasteiger partial charge in [0.1, 0.15) is 12.1 Å². The summed E-state index contributed by atoms with van der Waals surface area (Å²) in [4.78, 5) is 35.7. The third kappa shape index (κ3) is 5.60. The zero-order valence-electron chi connectivity index (χ0n) is 17.2. The third-order valence-corrected chi connectivity index (χ3v) is 5.18. The molecule has 1 heterocycles. The molecule has 1 aromatic heterocycles. The van der Waals surface area contributed by atoms with Gasteiger partial charge in [0.2, 0.25) is 0 Å². The number of esters is 1. The first-order valence-electron chi connectivity index (χ1n) is 9.38. The van der Waals surface area contributed by atoms with Crippen LogP contribution in [0.3, 0.4) is 0 Å². The molecule has 0 aliphatic rings. The predicted octanol–water partition coefficient (Wildman–Crippen LogP) is 3.07. The minimum absolute atomic E-state index is 0.0541. The van der Waals surface area contributed by atoms with Crippen molar-refractivity contribution in [2.24, 2.45) is 7.05 Å². The highest BCUT2D eigenvalue weighted by atomic mass is 32.2. The molecular formula is C20H19N5O6S. The molecule has 0 bridgehead atoms. The van der Waals surface area contributed by atoms with Gasteiger partial charge in [-0.05, 0) is 43.0 Å². The SMILES string of the molecule is CCOc1ccccc1NC(=O)COC(=O)c1ccc(Sc2nncn2C)c([N+](=O)[O-])c1. The van der Waals surface area contributed by atoms with Crippen molar-refractivity contribution in [3.8, 4) is 5.75 Å². The number of nitrogens with zero attached hydrogens (tertiary/aromatic N) is 4. The Balaban J connectivity index is 1.66. The van der Waals surface area contributed by atoms with E-state index in [0.717, 1.165) is 17.8 Å². The molecule has 11 nitrogen and oxygen atoms in total. The number of aryl methyl sites for hydroxylation is 1. The number of nitrogens with one attached hydrogen (secondary N) is 1. The van der Waals surface area contributed by atoms with Crippen LogP contribution in [0.4, 0.5) is 11.4 Å². The number of anilines is 1. The lowest BCUT2D eigenvalue weighted by Crippen LogP contribution is -2.21. The molecule has 12 heteroatoms. The van der Waals surface area contributed by atoms with E-state index in [2.05, 4.69) is 15.5 Å². The molecule has 0 spiro atoms. The summed E-state index contributed by atoms with van der Waals surface area (Å²) in [6, 6.07) is 10.8. The van der Waals surface area contributed by atoms with Gasteiger partial charge in [-0.2, -0.15) is 0 Å². The van der Waals surface area contributed by atoms with E-state index < -0.39 is 23.4 Å². The lowest BCUT2D eigenvalue weighted by Gasteiger charge is -2.11. The average molecular weight is 457 g/mol. The fourth-order valence-electron chi connectivity index (χ4n) is 2.59. The summed E-state index contributed by atoms with van der Waals surface area (Å²) in [5.74, 6) is -0.952. The van der Waals surface area contributed by atoms with Crippen LogP contribution >= 0.6 is 11.8 Å². The second-order valence-electron chi connectivity index (χ2n) is 6.32. The average Bonchev–Trinajstić information content (AvgIpc) is 3.18. The number of ether oxygens (including phenoxy) is 2. The molecule has 3 rings (SSSR count). The van der Waals surface area contributed by atoms with Crippen molar-refractivity contribution in [3.63, 3.8) is 0 Å². The van der Waals surface area contributed by atoms with Crippen molar-refractivity contribution in [1.29, 1.82) is 0 Å². The van der Waals surface area contributed by atoms with Gasteiger partial charge in [0.25, 0.3) is 11.6 Å². The van der Waals surface area contributed by atoms with Crippen LogP contribution in [0.1, 0.15) is 17.3 Å². The molecule has 0 aliphatic carbocycles. The van der Waals surface area contributed by atoms with Crippen molar-refractivity contribution in [1.82, 2.24) is 14.8 Å². The van der Waals surface area contributed by atoms with Crippen molar-refractivity contribution in [2.75, 3.05) is 18.5 Å². The third-order valence-electron chi connectivity index (χ3n) is 4.06. The first-order valence-corrected chi connectivity index (χ1v) is 10.2. The van der Waals surface area contributed by atoms with Gasteiger partial charge < -0.3 is 19.4 Å². The molecular weight excluding hydrogens is 438 g/mol. The fourth-order valence-corrected chi connectivity index (χ4v) is 3.44. The maximum absolute atomic E-state index is 12.3. The molecule has 2 aromatic carbocycles. The summed E-state index contributed by atoms with van der Waals surface area (Å²) >= 11 is 1.04. The topological polar surface area (TPSA) is 138 Å². The number of rotatable bonds is 9. The van der Waals surface area contributed by atoms with Crippen molar-refractivity contribution in [2.45, 2.75) is 17.0 Å². The number of hydrogen-bond acceptors (Lipinski definition) is 9. The summed E-state index contributed by atoms with van der Waals surface area (Å²) in [5.41, 5.74) is 0.0975. The Morgan fingerprint density at radius 1 is 1.25 bits per heavy atom. The van der Waals surface area contributed by atoms with Crippen LogP contribution in [-0.4, -0.2) is 44.8 Å². The molecule has 32 heavy (non-hydrogen) atoms. The molecule has 0 saturated carbocycles. The summed E-state index contributed by atoms with van der Waals surface area (Å²) < 4.78 is 12.1. The minimum Gasteiger partial charge on any atom is -0.492 e. The highest BCUT2D eigenvalue weighted by molar-refractivity contribution is 7.99. The molecule has 0 unspecified atom stereocenters. The fraction of sp³-hybridized carbons (Fsp3) is 0.200. The number of aromatic nitrogens is 3. The molecule has 0 aliphatic heterocycles. The van der Waals surface area contributed by atoms with Gasteiger partial charge in [0, 0.05) is 13.1 Å². The Hall–Kier alpha value is -3.93. The van der Waals surface area contributed by atoms with E-state index in [4.69, 9.17) is 9.47 Å². The molecule has 0 radical (unpaired) electrons. The number of carbonyl (C=O) groups is 2. The standard InChI is InChI=1S/C20H19N5O6S/c1-3-30-16-7-5-4-6-14(16)22-18(26)11-31-19(27)13-8-9-17(15(10-13)25(28)29)32-20-23-21-12-24(20)2/h4-10,12H,3,11H2,1-2H3,(H,22,26). The maximum Gasteiger partial charge on any atom is 0.338 e. The minimum atomic E-state index is -0.864. The van der Waals surface area contributed by atoms with E-state index in [1.807, 2.05) is 6.92 Å². The van der Waals surface area contributed by atoms with Crippen LogP contribution in [0, 0.1) is 10.1 Å². The largest absolute Gasteiger partial charge is 0.492 e. The van der Waals surface area contributed by atoms with Gasteiger partial charge in [0.15, 0.2) is 11.8 Å². The molecule has 0 saturated heterocycles. The van der Waals surface area contributed by atoms with Crippen LogP contribution in [-0.2, 0) is 16.6 Å². The van der Waals surface area contributed by atoms with Gasteiger partial charge >= 0.3 is 5.97 Å². The zero-order chi connectivity index (χ0) is 23.1. The van der Waals surface area contributed by atoms with Crippen LogP contribution in [0.25, 0.3) is 0 Å².